The van der Waals surface area contributed by atoms with Gasteiger partial charge in [0.1, 0.15) is 13.2 Å². The fourth-order valence-corrected chi connectivity index (χ4v) is 9.86. The number of hydrogen-bond donors (Lipinski definition) is 0. The Labute approximate surface area is 431 Å². The maximum atomic E-state index is 12.8. The quantitative estimate of drug-likeness (QED) is 0.0343. The van der Waals surface area contributed by atoms with E-state index in [2.05, 4.69) is 20.8 Å². The van der Waals surface area contributed by atoms with Crippen LogP contribution in [0.3, 0.4) is 0 Å². The van der Waals surface area contributed by atoms with Crippen molar-refractivity contribution in [3.05, 3.63) is 0 Å². The van der Waals surface area contributed by atoms with Crippen LogP contribution < -0.4 is 0 Å². The third kappa shape index (κ3) is 57.2. The van der Waals surface area contributed by atoms with Crippen molar-refractivity contribution in [3.8, 4) is 0 Å². The molecule has 0 saturated carbocycles. The van der Waals surface area contributed by atoms with Crippen molar-refractivity contribution in [2.75, 3.05) is 13.2 Å². The topological polar surface area (TPSA) is 78.9 Å². The van der Waals surface area contributed by atoms with Crippen molar-refractivity contribution in [2.24, 2.45) is 0 Å². The zero-order valence-corrected chi connectivity index (χ0v) is 47.1. The largest absolute Gasteiger partial charge is 0.462 e. The summed E-state index contributed by atoms with van der Waals surface area (Å²) < 4.78 is 16.8. The summed E-state index contributed by atoms with van der Waals surface area (Å²) in [6, 6.07) is 0. The van der Waals surface area contributed by atoms with Gasteiger partial charge in [-0.2, -0.15) is 0 Å². The first kappa shape index (κ1) is 67.4. The number of carbonyl (C=O) groups is 3. The van der Waals surface area contributed by atoms with Crippen molar-refractivity contribution in [3.63, 3.8) is 0 Å². The molecule has 0 aliphatic heterocycles. The van der Waals surface area contributed by atoms with E-state index in [0.29, 0.717) is 19.3 Å². The molecule has 0 heterocycles. The van der Waals surface area contributed by atoms with Crippen molar-refractivity contribution in [1.29, 1.82) is 0 Å². The second-order valence-corrected chi connectivity index (χ2v) is 21.7. The summed E-state index contributed by atoms with van der Waals surface area (Å²) in [6.45, 7) is 6.67. The highest BCUT2D eigenvalue weighted by atomic mass is 16.6. The summed E-state index contributed by atoms with van der Waals surface area (Å²) in [5.74, 6) is -0.841. The van der Waals surface area contributed by atoms with Crippen LogP contribution in [-0.4, -0.2) is 37.2 Å². The smallest absolute Gasteiger partial charge is 0.306 e. The van der Waals surface area contributed by atoms with E-state index in [1.165, 1.54) is 270 Å². The Hall–Kier alpha value is -1.59. The third-order valence-corrected chi connectivity index (χ3v) is 14.6. The van der Waals surface area contributed by atoms with Gasteiger partial charge in [-0.05, 0) is 19.3 Å². The molecule has 0 fully saturated rings. The van der Waals surface area contributed by atoms with E-state index in [-0.39, 0.29) is 31.1 Å². The van der Waals surface area contributed by atoms with E-state index in [9.17, 15) is 14.4 Å². The average molecular weight is 976 g/mol. The van der Waals surface area contributed by atoms with Gasteiger partial charge in [-0.25, -0.2) is 0 Å². The minimum atomic E-state index is -0.760. The highest BCUT2D eigenvalue weighted by Crippen LogP contribution is 2.19. The lowest BCUT2D eigenvalue weighted by molar-refractivity contribution is -0.167. The van der Waals surface area contributed by atoms with Crippen LogP contribution in [0.1, 0.15) is 367 Å². The van der Waals surface area contributed by atoms with Gasteiger partial charge < -0.3 is 14.2 Å². The molecular formula is C63H122O6. The molecule has 0 bridgehead atoms. The lowest BCUT2D eigenvalue weighted by atomic mass is 10.0. The van der Waals surface area contributed by atoms with Crippen LogP contribution in [0.4, 0.5) is 0 Å². The van der Waals surface area contributed by atoms with Gasteiger partial charge in [-0.1, -0.05) is 329 Å². The van der Waals surface area contributed by atoms with Crippen LogP contribution >= 0.6 is 0 Å². The van der Waals surface area contributed by atoms with Crippen molar-refractivity contribution in [2.45, 2.75) is 374 Å². The number of esters is 3. The number of hydrogen-bond acceptors (Lipinski definition) is 6. The minimum Gasteiger partial charge on any atom is -0.462 e. The van der Waals surface area contributed by atoms with Gasteiger partial charge in [-0.3, -0.25) is 14.4 Å². The molecule has 0 aromatic carbocycles. The first-order chi connectivity index (χ1) is 34.0. The second-order valence-electron chi connectivity index (χ2n) is 21.7. The Balaban J connectivity index is 3.92. The fraction of sp³-hybridized carbons (Fsp3) is 0.952. The molecule has 410 valence electrons. The predicted octanol–water partition coefficient (Wildman–Crippen LogP) is 21.1. The molecule has 0 aliphatic carbocycles. The van der Waals surface area contributed by atoms with Crippen LogP contribution in [-0.2, 0) is 28.6 Å². The minimum absolute atomic E-state index is 0.0618. The summed E-state index contributed by atoms with van der Waals surface area (Å²) in [4.78, 5) is 37.9. The summed E-state index contributed by atoms with van der Waals surface area (Å²) in [6.07, 6.45) is 67.2. The standard InChI is InChI=1S/C63H122O6/c1-4-7-10-13-16-19-21-23-24-25-26-27-28-29-30-31-32-33-34-35-36-37-38-39-40-41-43-44-47-50-53-56-62(65)68-59-60(58-67-61(64)55-52-49-46-18-15-12-9-6-3)69-63(66)57-54-51-48-45-42-22-20-17-14-11-8-5-2/h60H,4-59H2,1-3H3. The van der Waals surface area contributed by atoms with Crippen LogP contribution in [0.25, 0.3) is 0 Å². The molecule has 0 aliphatic rings. The molecule has 0 amide bonds. The zero-order chi connectivity index (χ0) is 50.0. The Morgan fingerprint density at radius 2 is 0.391 bits per heavy atom. The third-order valence-electron chi connectivity index (χ3n) is 14.6. The van der Waals surface area contributed by atoms with Gasteiger partial charge in [0.2, 0.25) is 0 Å². The summed E-state index contributed by atoms with van der Waals surface area (Å²) in [7, 11) is 0. The molecule has 1 atom stereocenters. The zero-order valence-electron chi connectivity index (χ0n) is 47.1. The molecule has 0 N–H and O–H groups in total. The van der Waals surface area contributed by atoms with Crippen molar-refractivity contribution >= 4 is 17.9 Å². The fourth-order valence-electron chi connectivity index (χ4n) is 9.86. The Morgan fingerprint density at radius 3 is 0.580 bits per heavy atom. The maximum Gasteiger partial charge on any atom is 0.306 e. The van der Waals surface area contributed by atoms with Gasteiger partial charge in [0, 0.05) is 19.3 Å². The Bertz CT molecular complexity index is 1030. The molecule has 6 heteroatoms. The van der Waals surface area contributed by atoms with Gasteiger partial charge in [-0.15, -0.1) is 0 Å². The van der Waals surface area contributed by atoms with Crippen LogP contribution in [0, 0.1) is 0 Å². The van der Waals surface area contributed by atoms with Crippen LogP contribution in [0.15, 0.2) is 0 Å². The maximum absolute atomic E-state index is 12.8. The normalized spacial score (nSPS) is 11.9. The molecule has 6 nitrogen and oxygen atoms in total. The Kier molecular flexibility index (Phi) is 57.6. The Morgan fingerprint density at radius 1 is 0.232 bits per heavy atom. The molecule has 0 rings (SSSR count). The van der Waals surface area contributed by atoms with E-state index in [1.54, 1.807) is 0 Å². The van der Waals surface area contributed by atoms with Gasteiger partial charge >= 0.3 is 17.9 Å². The van der Waals surface area contributed by atoms with Gasteiger partial charge in [0.05, 0.1) is 0 Å². The second kappa shape index (κ2) is 59.0. The molecule has 0 saturated heterocycles. The summed E-state index contributed by atoms with van der Waals surface area (Å²) >= 11 is 0. The van der Waals surface area contributed by atoms with E-state index >= 15 is 0 Å². The highest BCUT2D eigenvalue weighted by molar-refractivity contribution is 5.71. The molecule has 1 unspecified atom stereocenters. The molecule has 0 spiro atoms. The monoisotopic (exact) mass is 975 g/mol. The molecule has 0 aromatic heterocycles. The first-order valence-electron chi connectivity index (χ1n) is 31.5. The number of unbranched alkanes of at least 4 members (excludes halogenated alkanes) is 48. The van der Waals surface area contributed by atoms with Gasteiger partial charge in [0.25, 0.3) is 0 Å². The van der Waals surface area contributed by atoms with Gasteiger partial charge in [0.15, 0.2) is 6.10 Å². The number of rotatable bonds is 59. The molecule has 0 radical (unpaired) electrons. The SMILES string of the molecule is CCCCCCCCCCCCCCCCCCCCCCCCCCCCCCCCCC(=O)OCC(COC(=O)CCCCCCCCCC)OC(=O)CCCCCCCCCCCCCC. The number of carbonyl (C=O) groups excluding carboxylic acids is 3. The van der Waals surface area contributed by atoms with Crippen molar-refractivity contribution < 1.29 is 28.6 Å². The molecule has 0 aromatic rings. The van der Waals surface area contributed by atoms with E-state index < -0.39 is 6.10 Å². The summed E-state index contributed by atoms with van der Waals surface area (Å²) in [5.41, 5.74) is 0. The van der Waals surface area contributed by atoms with E-state index in [1.807, 2.05) is 0 Å². The number of ether oxygens (including phenoxy) is 3. The van der Waals surface area contributed by atoms with Crippen LogP contribution in [0.2, 0.25) is 0 Å². The lowest BCUT2D eigenvalue weighted by Crippen LogP contribution is -2.30. The molecule has 69 heavy (non-hydrogen) atoms. The predicted molar refractivity (Wildman–Crippen MR) is 298 cm³/mol. The van der Waals surface area contributed by atoms with Crippen molar-refractivity contribution in [1.82, 2.24) is 0 Å². The summed E-state index contributed by atoms with van der Waals surface area (Å²) in [5, 5.41) is 0. The van der Waals surface area contributed by atoms with E-state index in [4.69, 9.17) is 14.2 Å². The highest BCUT2D eigenvalue weighted by Gasteiger charge is 2.19. The molecular weight excluding hydrogens is 853 g/mol. The lowest BCUT2D eigenvalue weighted by Gasteiger charge is -2.18. The van der Waals surface area contributed by atoms with Crippen LogP contribution in [0.5, 0.6) is 0 Å². The van der Waals surface area contributed by atoms with E-state index in [0.717, 1.165) is 57.8 Å². The first-order valence-corrected chi connectivity index (χ1v) is 31.5. The average Bonchev–Trinajstić information content (AvgIpc) is 3.35.